The van der Waals surface area contributed by atoms with Crippen molar-refractivity contribution in [1.29, 1.82) is 0 Å². The number of hydrogen-bond acceptors (Lipinski definition) is 4. The van der Waals surface area contributed by atoms with E-state index in [2.05, 4.69) is 5.32 Å². The van der Waals surface area contributed by atoms with Gasteiger partial charge in [0.2, 0.25) is 0 Å². The van der Waals surface area contributed by atoms with E-state index in [1.54, 1.807) is 19.6 Å². The number of carbonyl (C=O) groups excluding carboxylic acids is 1. The van der Waals surface area contributed by atoms with E-state index in [1.807, 2.05) is 48.5 Å². The molecule has 130 valence electrons. The predicted octanol–water partition coefficient (Wildman–Crippen LogP) is 2.10. The minimum atomic E-state index is -0.0994. The first-order valence-corrected chi connectivity index (χ1v) is 8.06. The monoisotopic (exact) mass is 341 g/mol. The van der Waals surface area contributed by atoms with Crippen molar-refractivity contribution in [2.45, 2.75) is 13.1 Å². The molecule has 2 N–H and O–H groups in total. The van der Waals surface area contributed by atoms with Crippen LogP contribution in [0.25, 0.3) is 0 Å². The third-order valence-corrected chi connectivity index (χ3v) is 3.80. The van der Waals surface area contributed by atoms with Gasteiger partial charge in [0, 0.05) is 0 Å². The van der Waals surface area contributed by atoms with Gasteiger partial charge in [-0.3, -0.25) is 4.79 Å². The lowest BCUT2D eigenvalue weighted by Gasteiger charge is -2.17. The average Bonchev–Trinajstić information content (AvgIpc) is 3.29. The molecular formula is C19H21N2O4+. The summed E-state index contributed by atoms with van der Waals surface area (Å²) in [5, 5.41) is 2.91. The molecule has 0 atom stereocenters. The molecule has 3 aromatic rings. The molecule has 0 spiro atoms. The van der Waals surface area contributed by atoms with Crippen LogP contribution in [0.3, 0.4) is 0 Å². The summed E-state index contributed by atoms with van der Waals surface area (Å²) in [4.78, 5) is 13.5. The zero-order valence-electron chi connectivity index (χ0n) is 14.0. The topological polar surface area (TPSA) is 69.0 Å². The van der Waals surface area contributed by atoms with Gasteiger partial charge < -0.3 is 23.8 Å². The molecule has 0 aliphatic rings. The number of methoxy groups -OCH3 is 1. The zero-order valence-corrected chi connectivity index (χ0v) is 14.0. The van der Waals surface area contributed by atoms with Crippen LogP contribution in [-0.2, 0) is 17.9 Å². The summed E-state index contributed by atoms with van der Waals surface area (Å²) in [5.74, 6) is 2.19. The van der Waals surface area contributed by atoms with Crippen molar-refractivity contribution in [3.05, 3.63) is 72.6 Å². The third-order valence-electron chi connectivity index (χ3n) is 3.80. The lowest BCUT2D eigenvalue weighted by atomic mass is 10.3. The van der Waals surface area contributed by atoms with E-state index in [-0.39, 0.29) is 12.5 Å². The number of para-hydroxylation sites is 2. The molecular weight excluding hydrogens is 320 g/mol. The van der Waals surface area contributed by atoms with Crippen LogP contribution in [0, 0.1) is 0 Å². The summed E-state index contributed by atoms with van der Waals surface area (Å²) in [5.41, 5.74) is 0.658. The van der Waals surface area contributed by atoms with Crippen molar-refractivity contribution in [3.8, 4) is 5.75 Å². The van der Waals surface area contributed by atoms with Gasteiger partial charge in [-0.1, -0.05) is 12.1 Å². The molecule has 0 unspecified atom stereocenters. The first-order valence-electron chi connectivity index (χ1n) is 8.06. The van der Waals surface area contributed by atoms with E-state index in [0.29, 0.717) is 24.5 Å². The standard InChI is InChI=1S/C19H20N2O4/c1-23-18-9-3-2-8-17(18)20-19(22)14-21(12-15-6-4-10-24-15)13-16-7-5-11-25-16/h2-11H,12-14H2,1H3,(H,20,22)/p+1. The highest BCUT2D eigenvalue weighted by Crippen LogP contribution is 2.22. The molecule has 2 aromatic heterocycles. The second-order valence-electron chi connectivity index (χ2n) is 5.69. The van der Waals surface area contributed by atoms with Crippen molar-refractivity contribution < 1.29 is 23.3 Å². The zero-order chi connectivity index (χ0) is 17.5. The first-order chi connectivity index (χ1) is 12.2. The van der Waals surface area contributed by atoms with Gasteiger partial charge in [-0.2, -0.15) is 0 Å². The van der Waals surface area contributed by atoms with Crippen LogP contribution >= 0.6 is 0 Å². The first kappa shape index (κ1) is 16.9. The number of nitrogens with one attached hydrogen (secondary N) is 2. The smallest absolute Gasteiger partial charge is 0.279 e. The molecule has 6 nitrogen and oxygen atoms in total. The Hall–Kier alpha value is -2.99. The van der Waals surface area contributed by atoms with E-state index in [1.165, 1.54) is 0 Å². The quantitative estimate of drug-likeness (QED) is 0.658. The van der Waals surface area contributed by atoms with E-state index >= 15 is 0 Å². The maximum Gasteiger partial charge on any atom is 0.279 e. The maximum absolute atomic E-state index is 12.5. The van der Waals surface area contributed by atoms with Gasteiger partial charge in [-0.05, 0) is 36.4 Å². The fraction of sp³-hybridized carbons (Fsp3) is 0.211. The molecule has 2 heterocycles. The molecule has 0 aliphatic heterocycles. The summed E-state index contributed by atoms with van der Waals surface area (Å²) in [6.07, 6.45) is 3.27. The van der Waals surface area contributed by atoms with Crippen molar-refractivity contribution in [2.75, 3.05) is 19.0 Å². The second kappa shape index (κ2) is 8.21. The van der Waals surface area contributed by atoms with Crippen molar-refractivity contribution in [3.63, 3.8) is 0 Å². The molecule has 1 aromatic carbocycles. The highest BCUT2D eigenvalue weighted by Gasteiger charge is 2.19. The van der Waals surface area contributed by atoms with Crippen molar-refractivity contribution >= 4 is 11.6 Å². The van der Waals surface area contributed by atoms with Crippen LogP contribution < -0.4 is 15.0 Å². The fourth-order valence-corrected chi connectivity index (χ4v) is 2.68. The van der Waals surface area contributed by atoms with Crippen LogP contribution in [0.1, 0.15) is 11.5 Å². The molecule has 6 heteroatoms. The molecule has 3 rings (SSSR count). The molecule has 0 fully saturated rings. The Bertz CT molecular complexity index is 745. The van der Waals surface area contributed by atoms with Crippen LogP contribution in [0.5, 0.6) is 5.75 Å². The van der Waals surface area contributed by atoms with Gasteiger partial charge in [0.15, 0.2) is 18.1 Å². The minimum absolute atomic E-state index is 0.0994. The Morgan fingerprint density at radius 3 is 2.20 bits per heavy atom. The molecule has 0 aliphatic carbocycles. The Balaban J connectivity index is 1.67. The summed E-state index contributed by atoms with van der Waals surface area (Å²) in [6.45, 7) is 1.46. The largest absolute Gasteiger partial charge is 0.495 e. The van der Waals surface area contributed by atoms with Gasteiger partial charge in [0.05, 0.1) is 25.3 Å². The number of amides is 1. The van der Waals surface area contributed by atoms with Crippen LogP contribution in [-0.4, -0.2) is 19.6 Å². The summed E-state index contributed by atoms with van der Waals surface area (Å²) < 4.78 is 16.1. The van der Waals surface area contributed by atoms with Crippen molar-refractivity contribution in [1.82, 2.24) is 0 Å². The van der Waals surface area contributed by atoms with Crippen LogP contribution in [0.2, 0.25) is 0 Å². The van der Waals surface area contributed by atoms with Crippen molar-refractivity contribution in [2.24, 2.45) is 0 Å². The Kier molecular flexibility index (Phi) is 5.53. The van der Waals surface area contributed by atoms with Gasteiger partial charge in [0.1, 0.15) is 18.8 Å². The Morgan fingerprint density at radius 2 is 1.64 bits per heavy atom. The van der Waals surface area contributed by atoms with E-state index < -0.39 is 0 Å². The lowest BCUT2D eigenvalue weighted by molar-refractivity contribution is -0.921. The molecule has 1 amide bonds. The summed E-state index contributed by atoms with van der Waals surface area (Å²) in [6, 6.07) is 14.8. The van der Waals surface area contributed by atoms with E-state index in [0.717, 1.165) is 16.4 Å². The number of quaternary nitrogens is 1. The number of rotatable bonds is 8. The minimum Gasteiger partial charge on any atom is -0.495 e. The number of ether oxygens (including phenoxy) is 1. The molecule has 25 heavy (non-hydrogen) atoms. The van der Waals surface area contributed by atoms with Gasteiger partial charge >= 0.3 is 0 Å². The predicted molar refractivity (Wildman–Crippen MR) is 92.3 cm³/mol. The highest BCUT2D eigenvalue weighted by molar-refractivity contribution is 5.92. The molecule has 0 saturated carbocycles. The summed E-state index contributed by atoms with van der Waals surface area (Å²) in [7, 11) is 1.58. The highest BCUT2D eigenvalue weighted by atomic mass is 16.5. The Labute approximate surface area is 146 Å². The number of benzene rings is 1. The van der Waals surface area contributed by atoms with Gasteiger partial charge in [-0.15, -0.1) is 0 Å². The van der Waals surface area contributed by atoms with E-state index in [4.69, 9.17) is 13.6 Å². The van der Waals surface area contributed by atoms with E-state index in [9.17, 15) is 4.79 Å². The number of anilines is 1. The SMILES string of the molecule is COc1ccccc1NC(=O)C[NH+](Cc1ccco1)Cc1ccco1. The molecule has 0 saturated heterocycles. The second-order valence-corrected chi connectivity index (χ2v) is 5.69. The average molecular weight is 341 g/mol. The van der Waals surface area contributed by atoms with Crippen LogP contribution in [0.15, 0.2) is 69.9 Å². The third kappa shape index (κ3) is 4.74. The fourth-order valence-electron chi connectivity index (χ4n) is 2.68. The number of furan rings is 2. The Morgan fingerprint density at radius 1 is 1.00 bits per heavy atom. The summed E-state index contributed by atoms with van der Waals surface area (Å²) >= 11 is 0. The molecule has 0 radical (unpaired) electrons. The van der Waals surface area contributed by atoms with Gasteiger partial charge in [0.25, 0.3) is 5.91 Å². The number of carbonyl (C=O) groups is 1. The lowest BCUT2D eigenvalue weighted by Crippen LogP contribution is -3.10. The normalized spacial score (nSPS) is 10.8. The number of hydrogen-bond donors (Lipinski definition) is 2. The van der Waals surface area contributed by atoms with Gasteiger partial charge in [-0.25, -0.2) is 0 Å². The van der Waals surface area contributed by atoms with Crippen LogP contribution in [0.4, 0.5) is 5.69 Å². The molecule has 0 bridgehead atoms. The maximum atomic E-state index is 12.5.